The summed E-state index contributed by atoms with van der Waals surface area (Å²) >= 11 is 0. The van der Waals surface area contributed by atoms with Crippen molar-refractivity contribution in [2.24, 2.45) is 0 Å². The minimum Gasteiger partial charge on any atom is -0.350 e. The summed E-state index contributed by atoms with van der Waals surface area (Å²) < 4.78 is 23.2. The predicted molar refractivity (Wildman–Crippen MR) is 148 cm³/mol. The highest BCUT2D eigenvalue weighted by atomic mass is 32.2. The monoisotopic (exact) mass is 519 g/mol. The van der Waals surface area contributed by atoms with E-state index in [1.807, 2.05) is 75.4 Å². The van der Waals surface area contributed by atoms with Gasteiger partial charge in [0.15, 0.2) is 9.84 Å². The normalized spacial score (nSPS) is 15.4. The second-order valence-electron chi connectivity index (χ2n) is 9.81. The zero-order valence-corrected chi connectivity index (χ0v) is 22.3. The maximum Gasteiger partial charge on any atom is 0.255 e. The molecule has 1 aliphatic heterocycles. The van der Waals surface area contributed by atoms with E-state index < -0.39 is 9.84 Å². The van der Waals surface area contributed by atoms with Crippen LogP contribution in [-0.4, -0.2) is 55.8 Å². The van der Waals surface area contributed by atoms with Crippen LogP contribution in [0, 0.1) is 6.92 Å². The standard InChI is InChI=1S/C29H33N3O4S/c1-20(2)30-29(34)25-7-4-21(3)27(18-25)23-8-10-24(11-9-23)28(33)31-26-12-5-22(6-13-26)19-32-14-16-37(35,36)17-15-32/h4-13,18,20H,14-17,19H2,1-3H3,(H,30,34)(H,31,33). The van der Waals surface area contributed by atoms with E-state index in [0.717, 1.165) is 22.3 Å². The summed E-state index contributed by atoms with van der Waals surface area (Å²) in [6.45, 7) is 7.63. The molecule has 194 valence electrons. The smallest absolute Gasteiger partial charge is 0.255 e. The summed E-state index contributed by atoms with van der Waals surface area (Å²) in [6, 6.07) is 20.7. The van der Waals surface area contributed by atoms with Gasteiger partial charge in [0.25, 0.3) is 11.8 Å². The number of aryl methyl sites for hydroxylation is 1. The molecule has 4 rings (SSSR count). The zero-order chi connectivity index (χ0) is 26.6. The van der Waals surface area contributed by atoms with Crippen molar-refractivity contribution in [1.82, 2.24) is 10.2 Å². The molecule has 7 nitrogen and oxygen atoms in total. The molecule has 0 spiro atoms. The Labute approximate surface area is 218 Å². The summed E-state index contributed by atoms with van der Waals surface area (Å²) in [4.78, 5) is 27.4. The molecule has 0 radical (unpaired) electrons. The van der Waals surface area contributed by atoms with Crippen molar-refractivity contribution in [3.8, 4) is 11.1 Å². The Bertz CT molecular complexity index is 1370. The lowest BCUT2D eigenvalue weighted by Gasteiger charge is -2.26. The molecule has 0 bridgehead atoms. The summed E-state index contributed by atoms with van der Waals surface area (Å²) in [7, 11) is -2.89. The second kappa shape index (κ2) is 11.3. The van der Waals surface area contributed by atoms with E-state index in [2.05, 4.69) is 15.5 Å². The number of nitrogens with one attached hydrogen (secondary N) is 2. The Kier molecular flexibility index (Phi) is 8.10. The highest BCUT2D eigenvalue weighted by Gasteiger charge is 2.21. The average Bonchev–Trinajstić information content (AvgIpc) is 2.86. The fourth-order valence-corrected chi connectivity index (χ4v) is 5.56. The third-order valence-corrected chi connectivity index (χ3v) is 8.04. The number of amides is 2. The number of hydrogen-bond acceptors (Lipinski definition) is 5. The Morgan fingerprint density at radius 1 is 0.865 bits per heavy atom. The highest BCUT2D eigenvalue weighted by Crippen LogP contribution is 2.25. The van der Waals surface area contributed by atoms with Crippen LogP contribution in [0.2, 0.25) is 0 Å². The van der Waals surface area contributed by atoms with Gasteiger partial charge in [-0.15, -0.1) is 0 Å². The third kappa shape index (κ3) is 7.05. The number of carbonyl (C=O) groups excluding carboxylic acids is 2. The van der Waals surface area contributed by atoms with Gasteiger partial charge in [0.05, 0.1) is 11.5 Å². The van der Waals surface area contributed by atoms with Gasteiger partial charge in [0, 0.05) is 42.5 Å². The van der Waals surface area contributed by atoms with Crippen LogP contribution in [0.25, 0.3) is 11.1 Å². The van der Waals surface area contributed by atoms with E-state index in [4.69, 9.17) is 0 Å². The number of benzene rings is 3. The number of hydrogen-bond donors (Lipinski definition) is 2. The fourth-order valence-electron chi connectivity index (χ4n) is 4.28. The van der Waals surface area contributed by atoms with E-state index in [1.165, 1.54) is 0 Å². The molecule has 2 N–H and O–H groups in total. The quantitative estimate of drug-likeness (QED) is 0.486. The first kappa shape index (κ1) is 26.6. The van der Waals surface area contributed by atoms with Crippen molar-refractivity contribution in [3.63, 3.8) is 0 Å². The van der Waals surface area contributed by atoms with Gasteiger partial charge in [-0.2, -0.15) is 0 Å². The summed E-state index contributed by atoms with van der Waals surface area (Å²) in [5, 5.41) is 5.84. The van der Waals surface area contributed by atoms with Crippen LogP contribution in [-0.2, 0) is 16.4 Å². The lowest BCUT2D eigenvalue weighted by atomic mass is 9.97. The van der Waals surface area contributed by atoms with Crippen molar-refractivity contribution in [3.05, 3.63) is 89.0 Å². The first-order valence-corrected chi connectivity index (χ1v) is 14.3. The number of rotatable bonds is 7. The molecular weight excluding hydrogens is 486 g/mol. The number of nitrogens with zero attached hydrogens (tertiary/aromatic N) is 1. The van der Waals surface area contributed by atoms with Crippen LogP contribution < -0.4 is 10.6 Å². The molecule has 0 atom stereocenters. The van der Waals surface area contributed by atoms with Crippen LogP contribution >= 0.6 is 0 Å². The molecule has 1 aliphatic rings. The van der Waals surface area contributed by atoms with Crippen LogP contribution in [0.1, 0.15) is 45.7 Å². The third-order valence-electron chi connectivity index (χ3n) is 6.43. The number of anilines is 1. The van der Waals surface area contributed by atoms with Crippen LogP contribution in [0.15, 0.2) is 66.7 Å². The van der Waals surface area contributed by atoms with Crippen LogP contribution in [0.5, 0.6) is 0 Å². The van der Waals surface area contributed by atoms with E-state index in [9.17, 15) is 18.0 Å². The largest absolute Gasteiger partial charge is 0.350 e. The first-order chi connectivity index (χ1) is 17.6. The average molecular weight is 520 g/mol. The highest BCUT2D eigenvalue weighted by molar-refractivity contribution is 7.91. The topological polar surface area (TPSA) is 95.6 Å². The lowest BCUT2D eigenvalue weighted by Crippen LogP contribution is -2.39. The zero-order valence-electron chi connectivity index (χ0n) is 21.5. The molecule has 1 heterocycles. The molecular formula is C29H33N3O4S. The summed E-state index contributed by atoms with van der Waals surface area (Å²) in [5.41, 5.74) is 5.83. The minimum atomic E-state index is -2.89. The molecule has 0 aromatic heterocycles. The SMILES string of the molecule is Cc1ccc(C(=O)NC(C)C)cc1-c1ccc(C(=O)Nc2ccc(CN3CCS(=O)(=O)CC3)cc2)cc1. The van der Waals surface area contributed by atoms with E-state index >= 15 is 0 Å². The van der Waals surface area contributed by atoms with Crippen molar-refractivity contribution >= 4 is 27.3 Å². The number of sulfone groups is 1. The van der Waals surface area contributed by atoms with Crippen molar-refractivity contribution in [1.29, 1.82) is 0 Å². The molecule has 1 fully saturated rings. The van der Waals surface area contributed by atoms with Gasteiger partial charge < -0.3 is 10.6 Å². The van der Waals surface area contributed by atoms with E-state index in [-0.39, 0.29) is 29.4 Å². The van der Waals surface area contributed by atoms with Gasteiger partial charge in [-0.1, -0.05) is 30.3 Å². The Morgan fingerprint density at radius 2 is 1.49 bits per heavy atom. The fraction of sp³-hybridized carbons (Fsp3) is 0.310. The molecule has 1 saturated heterocycles. The minimum absolute atomic E-state index is 0.0575. The molecule has 8 heteroatoms. The second-order valence-corrected chi connectivity index (χ2v) is 12.1. The maximum atomic E-state index is 12.8. The van der Waals surface area contributed by atoms with Gasteiger partial charge >= 0.3 is 0 Å². The Hall–Kier alpha value is -3.49. The molecule has 0 aliphatic carbocycles. The van der Waals surface area contributed by atoms with E-state index in [0.29, 0.717) is 36.4 Å². The van der Waals surface area contributed by atoms with E-state index in [1.54, 1.807) is 12.1 Å². The van der Waals surface area contributed by atoms with Gasteiger partial charge in [0.2, 0.25) is 0 Å². The maximum absolute atomic E-state index is 12.8. The Morgan fingerprint density at radius 3 is 2.11 bits per heavy atom. The summed E-state index contributed by atoms with van der Waals surface area (Å²) in [6.07, 6.45) is 0. The molecule has 0 unspecified atom stereocenters. The molecule has 37 heavy (non-hydrogen) atoms. The van der Waals surface area contributed by atoms with Crippen molar-refractivity contribution in [2.45, 2.75) is 33.4 Å². The van der Waals surface area contributed by atoms with Gasteiger partial charge in [-0.3, -0.25) is 14.5 Å². The van der Waals surface area contributed by atoms with Gasteiger partial charge in [0.1, 0.15) is 0 Å². The summed E-state index contributed by atoms with van der Waals surface area (Å²) in [5.74, 6) is 0.0982. The van der Waals surface area contributed by atoms with Gasteiger partial charge in [-0.05, 0) is 79.4 Å². The Balaban J connectivity index is 1.38. The van der Waals surface area contributed by atoms with Crippen LogP contribution in [0.4, 0.5) is 5.69 Å². The lowest BCUT2D eigenvalue weighted by molar-refractivity contribution is 0.0942. The number of carbonyl (C=O) groups is 2. The molecule has 0 saturated carbocycles. The molecule has 2 amide bonds. The van der Waals surface area contributed by atoms with Crippen molar-refractivity contribution in [2.75, 3.05) is 29.9 Å². The van der Waals surface area contributed by atoms with Crippen LogP contribution in [0.3, 0.4) is 0 Å². The molecule has 3 aromatic carbocycles. The first-order valence-electron chi connectivity index (χ1n) is 12.4. The van der Waals surface area contributed by atoms with Crippen molar-refractivity contribution < 1.29 is 18.0 Å². The molecule has 3 aromatic rings. The van der Waals surface area contributed by atoms with Gasteiger partial charge in [-0.25, -0.2) is 8.42 Å². The predicted octanol–water partition coefficient (Wildman–Crippen LogP) is 4.28.